The molecular formula is C15H19N3O3. The van der Waals surface area contributed by atoms with Crippen LogP contribution >= 0.6 is 0 Å². The van der Waals surface area contributed by atoms with Crippen molar-refractivity contribution in [2.45, 2.75) is 25.0 Å². The van der Waals surface area contributed by atoms with Crippen LogP contribution in [0, 0.1) is 0 Å². The fourth-order valence-electron chi connectivity index (χ4n) is 4.07. The first-order valence-electron chi connectivity index (χ1n) is 7.39. The Balaban J connectivity index is 1.80. The molecule has 1 fully saturated rings. The summed E-state index contributed by atoms with van der Waals surface area (Å²) in [5.41, 5.74) is 10.4. The Morgan fingerprint density at radius 3 is 3.05 bits per heavy atom. The van der Waals surface area contributed by atoms with Gasteiger partial charge in [-0.3, -0.25) is 0 Å². The zero-order chi connectivity index (χ0) is 14.6. The molecule has 3 heterocycles. The highest BCUT2D eigenvalue weighted by molar-refractivity contribution is 5.72. The maximum atomic E-state index is 11.3. The molecule has 0 bridgehead atoms. The zero-order valence-corrected chi connectivity index (χ0v) is 11.8. The van der Waals surface area contributed by atoms with Gasteiger partial charge in [0, 0.05) is 48.5 Å². The van der Waals surface area contributed by atoms with Gasteiger partial charge in [0.1, 0.15) is 0 Å². The molecule has 3 N–H and O–H groups in total. The monoisotopic (exact) mass is 289 g/mol. The molecule has 1 aromatic rings. The number of amides is 1. The summed E-state index contributed by atoms with van der Waals surface area (Å²) < 4.78 is 5.67. The summed E-state index contributed by atoms with van der Waals surface area (Å²) in [5, 5.41) is 9.26. The fourth-order valence-corrected chi connectivity index (χ4v) is 4.07. The van der Waals surface area contributed by atoms with Crippen molar-refractivity contribution in [1.82, 2.24) is 4.90 Å². The molecule has 0 aromatic heterocycles. The third kappa shape index (κ3) is 1.86. The predicted molar refractivity (Wildman–Crippen MR) is 78.6 cm³/mol. The first-order chi connectivity index (χ1) is 10.1. The molecular weight excluding hydrogens is 270 g/mol. The van der Waals surface area contributed by atoms with Gasteiger partial charge in [-0.15, -0.1) is 0 Å². The van der Waals surface area contributed by atoms with Gasteiger partial charge in [-0.25, -0.2) is 4.79 Å². The molecule has 6 heteroatoms. The lowest BCUT2D eigenvalue weighted by molar-refractivity contribution is 0.120. The molecule has 0 aliphatic carbocycles. The number of nitrogens with zero attached hydrogens (tertiary/aromatic N) is 2. The van der Waals surface area contributed by atoms with Crippen molar-refractivity contribution in [3.05, 3.63) is 23.3 Å². The number of rotatable bonds is 0. The van der Waals surface area contributed by atoms with E-state index in [4.69, 9.17) is 10.5 Å². The van der Waals surface area contributed by atoms with Crippen molar-refractivity contribution >= 4 is 17.5 Å². The van der Waals surface area contributed by atoms with E-state index in [9.17, 15) is 9.90 Å². The lowest BCUT2D eigenvalue weighted by Crippen LogP contribution is -2.48. The summed E-state index contributed by atoms with van der Waals surface area (Å²) in [7, 11) is 0. The summed E-state index contributed by atoms with van der Waals surface area (Å²) in [6, 6.07) is 4.38. The van der Waals surface area contributed by atoms with Crippen LogP contribution in [-0.4, -0.2) is 48.4 Å². The largest absolute Gasteiger partial charge is 0.465 e. The summed E-state index contributed by atoms with van der Waals surface area (Å²) >= 11 is 0. The minimum absolute atomic E-state index is 0.227. The number of anilines is 2. The number of benzene rings is 1. The van der Waals surface area contributed by atoms with E-state index < -0.39 is 6.09 Å². The Morgan fingerprint density at radius 1 is 1.38 bits per heavy atom. The molecule has 6 nitrogen and oxygen atoms in total. The lowest BCUT2D eigenvalue weighted by Gasteiger charge is -2.37. The van der Waals surface area contributed by atoms with Crippen molar-refractivity contribution < 1.29 is 14.6 Å². The third-order valence-electron chi connectivity index (χ3n) is 4.91. The Bertz CT molecular complexity index is 604. The van der Waals surface area contributed by atoms with Crippen LogP contribution in [0.1, 0.15) is 23.5 Å². The quantitative estimate of drug-likeness (QED) is 0.707. The van der Waals surface area contributed by atoms with E-state index in [1.54, 1.807) is 0 Å². The molecule has 3 aliphatic heterocycles. The number of carbonyl (C=O) groups is 1. The number of nitrogens with two attached hydrogens (primary N) is 1. The first kappa shape index (κ1) is 12.8. The predicted octanol–water partition coefficient (Wildman–Crippen LogP) is 1.45. The average molecular weight is 289 g/mol. The highest BCUT2D eigenvalue weighted by atomic mass is 16.5. The van der Waals surface area contributed by atoms with E-state index in [1.807, 2.05) is 12.1 Å². The maximum absolute atomic E-state index is 11.3. The molecule has 0 radical (unpaired) electrons. The molecule has 3 aliphatic rings. The van der Waals surface area contributed by atoms with Crippen LogP contribution in [-0.2, 0) is 11.3 Å². The van der Waals surface area contributed by atoms with E-state index in [1.165, 1.54) is 16.2 Å². The van der Waals surface area contributed by atoms with Crippen molar-refractivity contribution in [1.29, 1.82) is 0 Å². The number of ether oxygens (including phenoxy) is 1. The smallest absolute Gasteiger partial charge is 0.407 e. The van der Waals surface area contributed by atoms with Crippen LogP contribution in [0.4, 0.5) is 16.2 Å². The van der Waals surface area contributed by atoms with Crippen molar-refractivity contribution in [2.24, 2.45) is 0 Å². The summed E-state index contributed by atoms with van der Waals surface area (Å²) in [6.45, 7) is 3.34. The number of likely N-dealkylation sites (tertiary alicyclic amines) is 1. The van der Waals surface area contributed by atoms with E-state index >= 15 is 0 Å². The van der Waals surface area contributed by atoms with Gasteiger partial charge >= 0.3 is 6.09 Å². The van der Waals surface area contributed by atoms with Gasteiger partial charge in [-0.05, 0) is 24.1 Å². The van der Waals surface area contributed by atoms with Gasteiger partial charge in [-0.2, -0.15) is 0 Å². The molecule has 0 spiro atoms. The van der Waals surface area contributed by atoms with Gasteiger partial charge in [-0.1, -0.05) is 0 Å². The van der Waals surface area contributed by atoms with E-state index in [0.717, 1.165) is 24.2 Å². The molecule has 112 valence electrons. The van der Waals surface area contributed by atoms with Crippen LogP contribution in [0.2, 0.25) is 0 Å². The van der Waals surface area contributed by atoms with Crippen LogP contribution in [0.3, 0.4) is 0 Å². The summed E-state index contributed by atoms with van der Waals surface area (Å²) in [6.07, 6.45) is 0.0401. The Morgan fingerprint density at radius 2 is 2.24 bits per heavy atom. The first-order valence-corrected chi connectivity index (χ1v) is 7.39. The van der Waals surface area contributed by atoms with E-state index in [-0.39, 0.29) is 5.92 Å². The molecule has 0 saturated carbocycles. The number of hydrogen-bond donors (Lipinski definition) is 2. The Kier molecular flexibility index (Phi) is 2.75. The number of carboxylic acid groups (broad SMARTS) is 1. The second-order valence-electron chi connectivity index (χ2n) is 6.05. The number of nitrogen functional groups attached to an aromatic ring is 1. The molecule has 2 atom stereocenters. The standard InChI is InChI=1S/C15H19N3O3/c16-10-5-9-8-21-4-3-18-13-1-2-17(15(19)20)7-12(13)11(6-10)14(9)18/h5-6,12-13H,1-4,7-8,16H2,(H,19,20)/t12-,13-/m0/s1. The second-order valence-corrected chi connectivity index (χ2v) is 6.05. The Hall–Kier alpha value is -1.95. The average Bonchev–Trinajstić information content (AvgIpc) is 2.62. The van der Waals surface area contributed by atoms with Gasteiger partial charge < -0.3 is 25.4 Å². The van der Waals surface area contributed by atoms with Gasteiger partial charge in [0.2, 0.25) is 0 Å². The molecule has 0 unspecified atom stereocenters. The van der Waals surface area contributed by atoms with Crippen LogP contribution in [0.25, 0.3) is 0 Å². The van der Waals surface area contributed by atoms with Crippen LogP contribution in [0.5, 0.6) is 0 Å². The fraction of sp³-hybridized carbons (Fsp3) is 0.533. The number of hydrogen-bond acceptors (Lipinski definition) is 4. The zero-order valence-electron chi connectivity index (χ0n) is 11.8. The third-order valence-corrected chi connectivity index (χ3v) is 4.91. The summed E-state index contributed by atoms with van der Waals surface area (Å²) in [5.74, 6) is 0.227. The number of piperidine rings is 1. The molecule has 1 saturated heterocycles. The van der Waals surface area contributed by atoms with E-state index in [2.05, 4.69) is 4.90 Å². The molecule has 1 aromatic carbocycles. The van der Waals surface area contributed by atoms with E-state index in [0.29, 0.717) is 32.3 Å². The summed E-state index contributed by atoms with van der Waals surface area (Å²) in [4.78, 5) is 15.2. The minimum Gasteiger partial charge on any atom is -0.465 e. The van der Waals surface area contributed by atoms with Crippen molar-refractivity contribution in [3.8, 4) is 0 Å². The highest BCUT2D eigenvalue weighted by Crippen LogP contribution is 2.48. The van der Waals surface area contributed by atoms with Gasteiger partial charge in [0.05, 0.1) is 13.2 Å². The molecule has 4 rings (SSSR count). The van der Waals surface area contributed by atoms with Gasteiger partial charge in [0.15, 0.2) is 0 Å². The molecule has 1 amide bonds. The minimum atomic E-state index is -0.826. The lowest BCUT2D eigenvalue weighted by atomic mass is 9.88. The normalized spacial score (nSPS) is 27.0. The maximum Gasteiger partial charge on any atom is 0.407 e. The number of fused-ring (bicyclic) bond motifs is 3. The Labute approximate surface area is 123 Å². The highest BCUT2D eigenvalue weighted by Gasteiger charge is 2.44. The van der Waals surface area contributed by atoms with Crippen molar-refractivity contribution in [2.75, 3.05) is 36.9 Å². The van der Waals surface area contributed by atoms with Gasteiger partial charge in [0.25, 0.3) is 0 Å². The van der Waals surface area contributed by atoms with Crippen molar-refractivity contribution in [3.63, 3.8) is 0 Å². The topological polar surface area (TPSA) is 79.0 Å². The van der Waals surface area contributed by atoms with Crippen LogP contribution < -0.4 is 10.6 Å². The van der Waals surface area contributed by atoms with Crippen LogP contribution in [0.15, 0.2) is 12.1 Å². The molecule has 21 heavy (non-hydrogen) atoms. The second kappa shape index (κ2) is 4.53. The SMILES string of the molecule is Nc1cc2c3c(c1)[C@@H]1CN(C(=O)O)CC[C@@H]1N3CCOC2.